The normalized spacial score (nSPS) is 18.1. The smallest absolute Gasteiger partial charge is 0.163 e. The van der Waals surface area contributed by atoms with Gasteiger partial charge >= 0.3 is 0 Å². The molecule has 0 atom stereocenters. The molecule has 0 radical (unpaired) electrons. The minimum atomic E-state index is -0.765. The van der Waals surface area contributed by atoms with E-state index in [2.05, 4.69) is 4.98 Å². The molecule has 0 bridgehead atoms. The summed E-state index contributed by atoms with van der Waals surface area (Å²) in [6, 6.07) is 3.51. The summed E-state index contributed by atoms with van der Waals surface area (Å²) in [5, 5.41) is 10.5. The summed E-state index contributed by atoms with van der Waals surface area (Å²) >= 11 is 0. The van der Waals surface area contributed by atoms with Crippen molar-refractivity contribution >= 4 is 11.6 Å². The van der Waals surface area contributed by atoms with E-state index in [0.29, 0.717) is 44.0 Å². The van der Waals surface area contributed by atoms with Crippen LogP contribution in [0.4, 0.5) is 5.82 Å². The van der Waals surface area contributed by atoms with E-state index in [1.807, 2.05) is 11.9 Å². The van der Waals surface area contributed by atoms with Crippen molar-refractivity contribution in [2.24, 2.45) is 0 Å². The van der Waals surface area contributed by atoms with E-state index in [4.69, 9.17) is 4.74 Å². The summed E-state index contributed by atoms with van der Waals surface area (Å²) < 4.78 is 5.27. The Labute approximate surface area is 113 Å². The number of aromatic nitrogens is 1. The molecule has 0 amide bonds. The van der Waals surface area contributed by atoms with Crippen molar-refractivity contribution in [3.63, 3.8) is 0 Å². The molecule has 1 saturated heterocycles. The maximum absolute atomic E-state index is 11.6. The molecule has 1 aromatic heterocycles. The Kier molecular flexibility index (Phi) is 4.17. The number of ketones is 1. The molecule has 1 aliphatic heterocycles. The third-order valence-corrected chi connectivity index (χ3v) is 3.48. The minimum Gasteiger partial charge on any atom is -0.388 e. The summed E-state index contributed by atoms with van der Waals surface area (Å²) in [7, 11) is 1.85. The standard InChI is InChI=1S/C14H20N2O3/c1-11(17)12-4-3-7-15-13(12)16(2)10-14(18)5-8-19-9-6-14/h3-4,7,18H,5-6,8-10H2,1-2H3. The second-order valence-corrected chi connectivity index (χ2v) is 5.12. The van der Waals surface area contributed by atoms with Gasteiger partial charge in [-0.3, -0.25) is 4.79 Å². The van der Waals surface area contributed by atoms with Crippen LogP contribution in [0, 0.1) is 0 Å². The van der Waals surface area contributed by atoms with E-state index in [-0.39, 0.29) is 5.78 Å². The number of nitrogens with zero attached hydrogens (tertiary/aromatic N) is 2. The van der Waals surface area contributed by atoms with Crippen molar-refractivity contribution in [1.82, 2.24) is 4.98 Å². The van der Waals surface area contributed by atoms with Gasteiger partial charge in [-0.05, 0) is 19.1 Å². The first kappa shape index (κ1) is 14.0. The number of carbonyl (C=O) groups is 1. The molecule has 2 heterocycles. The van der Waals surface area contributed by atoms with Gasteiger partial charge in [0.15, 0.2) is 5.78 Å². The van der Waals surface area contributed by atoms with Gasteiger partial charge < -0.3 is 14.7 Å². The van der Waals surface area contributed by atoms with E-state index < -0.39 is 5.60 Å². The molecule has 104 valence electrons. The number of aliphatic hydroxyl groups is 1. The Morgan fingerprint density at radius 2 is 2.21 bits per heavy atom. The number of carbonyl (C=O) groups excluding carboxylic acids is 1. The average molecular weight is 264 g/mol. The molecule has 5 nitrogen and oxygen atoms in total. The molecule has 1 fully saturated rings. The number of pyridine rings is 1. The number of anilines is 1. The maximum Gasteiger partial charge on any atom is 0.163 e. The lowest BCUT2D eigenvalue weighted by molar-refractivity contribution is -0.0573. The molecular formula is C14H20N2O3. The molecule has 19 heavy (non-hydrogen) atoms. The summed E-state index contributed by atoms with van der Waals surface area (Å²) in [6.07, 6.45) is 2.88. The van der Waals surface area contributed by atoms with Crippen molar-refractivity contribution in [2.75, 3.05) is 31.7 Å². The molecule has 2 rings (SSSR count). The molecule has 0 aliphatic carbocycles. The van der Waals surface area contributed by atoms with E-state index in [1.165, 1.54) is 6.92 Å². The summed E-state index contributed by atoms with van der Waals surface area (Å²) in [6.45, 7) is 3.13. The van der Waals surface area contributed by atoms with Crippen LogP contribution in [0.3, 0.4) is 0 Å². The van der Waals surface area contributed by atoms with Crippen molar-refractivity contribution in [3.05, 3.63) is 23.9 Å². The van der Waals surface area contributed by atoms with Gasteiger partial charge in [-0.15, -0.1) is 0 Å². The molecule has 1 aromatic rings. The van der Waals surface area contributed by atoms with E-state index in [1.54, 1.807) is 18.3 Å². The van der Waals surface area contributed by atoms with Gasteiger partial charge in [0.1, 0.15) is 5.82 Å². The number of likely N-dealkylation sites (N-methyl/N-ethyl adjacent to an activating group) is 1. The van der Waals surface area contributed by atoms with Crippen LogP contribution in [0.5, 0.6) is 0 Å². The molecule has 0 saturated carbocycles. The highest BCUT2D eigenvalue weighted by Crippen LogP contribution is 2.24. The Morgan fingerprint density at radius 3 is 2.84 bits per heavy atom. The molecule has 5 heteroatoms. The lowest BCUT2D eigenvalue weighted by atomic mass is 9.94. The zero-order valence-corrected chi connectivity index (χ0v) is 11.4. The SMILES string of the molecule is CC(=O)c1cccnc1N(C)CC1(O)CCOCC1. The maximum atomic E-state index is 11.6. The average Bonchev–Trinajstić information content (AvgIpc) is 2.39. The molecule has 1 N–H and O–H groups in total. The first-order valence-electron chi connectivity index (χ1n) is 6.49. The van der Waals surface area contributed by atoms with Gasteiger partial charge in [-0.1, -0.05) is 0 Å². The van der Waals surface area contributed by atoms with Crippen molar-refractivity contribution in [2.45, 2.75) is 25.4 Å². The molecule has 0 aromatic carbocycles. The second-order valence-electron chi connectivity index (χ2n) is 5.12. The van der Waals surface area contributed by atoms with E-state index in [0.717, 1.165) is 0 Å². The Morgan fingerprint density at radius 1 is 1.53 bits per heavy atom. The van der Waals surface area contributed by atoms with E-state index >= 15 is 0 Å². The minimum absolute atomic E-state index is 0.0195. The summed E-state index contributed by atoms with van der Waals surface area (Å²) in [4.78, 5) is 17.7. The van der Waals surface area contributed by atoms with Crippen LogP contribution in [0.15, 0.2) is 18.3 Å². The predicted octanol–water partition coefficient (Wildman–Crippen LogP) is 1.26. The van der Waals surface area contributed by atoms with Crippen LogP contribution in [-0.2, 0) is 4.74 Å². The van der Waals surface area contributed by atoms with Crippen molar-refractivity contribution in [3.8, 4) is 0 Å². The highest BCUT2D eigenvalue weighted by Gasteiger charge is 2.32. The Bertz CT molecular complexity index is 456. The zero-order valence-electron chi connectivity index (χ0n) is 11.4. The van der Waals surface area contributed by atoms with Crippen molar-refractivity contribution < 1.29 is 14.6 Å². The fraction of sp³-hybridized carbons (Fsp3) is 0.571. The topological polar surface area (TPSA) is 62.7 Å². The van der Waals surface area contributed by atoms with Gasteiger partial charge in [0, 0.05) is 45.8 Å². The number of rotatable bonds is 4. The lowest BCUT2D eigenvalue weighted by Gasteiger charge is -2.36. The Hall–Kier alpha value is -1.46. The van der Waals surface area contributed by atoms with Crippen LogP contribution in [-0.4, -0.2) is 48.3 Å². The zero-order chi connectivity index (χ0) is 13.9. The molecule has 1 aliphatic rings. The number of hydrogen-bond acceptors (Lipinski definition) is 5. The molecular weight excluding hydrogens is 244 g/mol. The fourth-order valence-electron chi connectivity index (χ4n) is 2.40. The van der Waals surface area contributed by atoms with Gasteiger partial charge in [0.2, 0.25) is 0 Å². The predicted molar refractivity (Wildman–Crippen MR) is 72.5 cm³/mol. The molecule has 0 unspecified atom stereocenters. The molecule has 0 spiro atoms. The van der Waals surface area contributed by atoms with Crippen molar-refractivity contribution in [1.29, 1.82) is 0 Å². The highest BCUT2D eigenvalue weighted by molar-refractivity contribution is 5.98. The van der Waals surface area contributed by atoms with Crippen LogP contribution in [0.25, 0.3) is 0 Å². The monoisotopic (exact) mass is 264 g/mol. The summed E-state index contributed by atoms with van der Waals surface area (Å²) in [5.74, 6) is 0.601. The first-order valence-corrected chi connectivity index (χ1v) is 6.49. The summed E-state index contributed by atoms with van der Waals surface area (Å²) in [5.41, 5.74) is -0.181. The lowest BCUT2D eigenvalue weighted by Crippen LogP contribution is -2.46. The van der Waals surface area contributed by atoms with E-state index in [9.17, 15) is 9.90 Å². The van der Waals surface area contributed by atoms with Gasteiger partial charge in [-0.25, -0.2) is 4.98 Å². The highest BCUT2D eigenvalue weighted by atomic mass is 16.5. The van der Waals surface area contributed by atoms with Crippen LogP contribution >= 0.6 is 0 Å². The Balaban J connectivity index is 2.15. The quantitative estimate of drug-likeness (QED) is 0.830. The third-order valence-electron chi connectivity index (χ3n) is 3.48. The second kappa shape index (κ2) is 5.67. The largest absolute Gasteiger partial charge is 0.388 e. The third kappa shape index (κ3) is 3.30. The number of ether oxygens (including phenoxy) is 1. The van der Waals surface area contributed by atoms with Gasteiger partial charge in [-0.2, -0.15) is 0 Å². The number of Topliss-reactive ketones (excluding diaryl/α,β-unsaturated/α-hetero) is 1. The van der Waals surface area contributed by atoms with Crippen LogP contribution in [0.2, 0.25) is 0 Å². The van der Waals surface area contributed by atoms with Crippen LogP contribution < -0.4 is 4.90 Å². The van der Waals surface area contributed by atoms with Gasteiger partial charge in [0.05, 0.1) is 11.2 Å². The van der Waals surface area contributed by atoms with Gasteiger partial charge in [0.25, 0.3) is 0 Å². The first-order chi connectivity index (χ1) is 9.02. The fourth-order valence-corrected chi connectivity index (χ4v) is 2.40. The number of hydrogen-bond donors (Lipinski definition) is 1. The van der Waals surface area contributed by atoms with Crippen LogP contribution in [0.1, 0.15) is 30.1 Å².